The van der Waals surface area contributed by atoms with Crippen molar-refractivity contribution in [3.63, 3.8) is 0 Å². The van der Waals surface area contributed by atoms with Crippen LogP contribution in [0.15, 0.2) is 206 Å². The van der Waals surface area contributed by atoms with Crippen LogP contribution >= 0.6 is 0 Å². The van der Waals surface area contributed by atoms with Crippen molar-refractivity contribution in [2.24, 2.45) is 0 Å². The Balaban J connectivity index is 1.08. The van der Waals surface area contributed by atoms with E-state index in [4.69, 9.17) is 0 Å². The van der Waals surface area contributed by atoms with Gasteiger partial charge < -0.3 is 8.80 Å². The molecule has 1 aliphatic carbocycles. The van der Waals surface area contributed by atoms with Crippen molar-refractivity contribution in [1.82, 2.24) is 8.80 Å². The highest BCUT2D eigenvalue weighted by molar-refractivity contribution is 6.29. The van der Waals surface area contributed by atoms with Crippen LogP contribution in [0.2, 0.25) is 0 Å². The van der Waals surface area contributed by atoms with Crippen LogP contribution in [0.4, 0.5) is 0 Å². The molecule has 0 saturated carbocycles. The van der Waals surface area contributed by atoms with E-state index in [1.807, 2.05) is 0 Å². The Kier molecular flexibility index (Phi) is 6.66. The Labute approximate surface area is 385 Å². The third-order valence-electron chi connectivity index (χ3n) is 16.0. The number of hydrogen-bond donors (Lipinski definition) is 0. The molecule has 0 saturated heterocycles. The van der Waals surface area contributed by atoms with E-state index in [9.17, 15) is 0 Å². The van der Waals surface area contributed by atoms with Gasteiger partial charge in [0, 0.05) is 59.6 Å². The molecule has 0 N–H and O–H groups in total. The molecule has 1 aliphatic rings. The fraction of sp³-hybridized carbons (Fsp3) is 0.0462. The molecule has 16 rings (SSSR count). The molecule has 11 aromatic carbocycles. The molecule has 0 radical (unpaired) electrons. The minimum absolute atomic E-state index is 0.202. The van der Waals surface area contributed by atoms with Gasteiger partial charge in [-0.3, -0.25) is 0 Å². The highest BCUT2D eigenvalue weighted by Crippen LogP contribution is 2.55. The minimum Gasteiger partial charge on any atom is -0.307 e. The maximum absolute atomic E-state index is 2.55. The van der Waals surface area contributed by atoms with Gasteiger partial charge in [-0.2, -0.15) is 0 Å². The van der Waals surface area contributed by atoms with Crippen LogP contribution < -0.4 is 0 Å². The van der Waals surface area contributed by atoms with Crippen molar-refractivity contribution in [2.75, 3.05) is 0 Å². The van der Waals surface area contributed by atoms with E-state index in [1.165, 1.54) is 153 Å². The molecule has 15 aromatic rings. The molecule has 2 nitrogen and oxygen atoms in total. The van der Waals surface area contributed by atoms with Crippen LogP contribution in [0.5, 0.6) is 0 Å². The van der Waals surface area contributed by atoms with Crippen LogP contribution in [0, 0.1) is 0 Å². The van der Waals surface area contributed by atoms with Gasteiger partial charge in [0.1, 0.15) is 0 Å². The summed E-state index contributed by atoms with van der Waals surface area (Å²) in [4.78, 5) is 0. The molecule has 0 unspecified atom stereocenters. The van der Waals surface area contributed by atoms with E-state index >= 15 is 0 Å². The fourth-order valence-corrected chi connectivity index (χ4v) is 13.4. The van der Waals surface area contributed by atoms with E-state index in [-0.39, 0.29) is 5.41 Å². The van der Waals surface area contributed by atoms with Gasteiger partial charge in [-0.15, -0.1) is 0 Å². The number of fused-ring (bicyclic) bond motifs is 17. The molecule has 4 aromatic heterocycles. The van der Waals surface area contributed by atoms with Crippen LogP contribution in [-0.4, -0.2) is 8.80 Å². The van der Waals surface area contributed by atoms with Crippen molar-refractivity contribution >= 4 is 97.7 Å². The summed E-state index contributed by atoms with van der Waals surface area (Å²) < 4.78 is 5.10. The van der Waals surface area contributed by atoms with Crippen molar-refractivity contribution in [1.29, 1.82) is 0 Å². The molecule has 0 bridgehead atoms. The quantitative estimate of drug-likeness (QED) is 0.157. The van der Waals surface area contributed by atoms with Gasteiger partial charge in [-0.1, -0.05) is 202 Å². The first-order chi connectivity index (χ1) is 33.1. The highest BCUT2D eigenvalue weighted by Gasteiger charge is 2.38. The molecule has 0 fully saturated rings. The molecule has 0 atom stereocenters. The van der Waals surface area contributed by atoms with Gasteiger partial charge in [0.05, 0.1) is 33.1 Å². The number of rotatable bonds is 3. The van der Waals surface area contributed by atoms with E-state index in [0.717, 1.165) is 0 Å². The topological polar surface area (TPSA) is 8.82 Å². The van der Waals surface area contributed by atoms with Crippen LogP contribution in [0.25, 0.3) is 142 Å². The second-order valence-corrected chi connectivity index (χ2v) is 19.5. The lowest BCUT2D eigenvalue weighted by molar-refractivity contribution is 0.662. The van der Waals surface area contributed by atoms with Gasteiger partial charge in [-0.05, 0) is 84.3 Å². The van der Waals surface area contributed by atoms with Crippen molar-refractivity contribution in [3.05, 3.63) is 217 Å². The smallest absolute Gasteiger partial charge is 0.0620 e. The average Bonchev–Trinajstić information content (AvgIpc) is 4.16. The minimum atomic E-state index is -0.202. The third kappa shape index (κ3) is 4.33. The molecule has 4 heterocycles. The van der Waals surface area contributed by atoms with E-state index in [1.54, 1.807) is 0 Å². The lowest BCUT2D eigenvalue weighted by atomic mass is 9.77. The van der Waals surface area contributed by atoms with Gasteiger partial charge in [0.15, 0.2) is 0 Å². The molecule has 0 aliphatic heterocycles. The maximum atomic E-state index is 2.55. The standard InChI is InChI=1S/C65H40N2/c1-65(2)56-33-6-3-16-39(56)44-23-11-32-53(60(44)65)59-42-21-9-19-37(45-24-12-28-49-51-30-14-26-47-40-17-4-7-34-57(40)66(61(45)49)63(47)51)54(42)36-55-38(20-10-22-43(55)59)46-25-13-29-50-52-31-15-27-48-41-18-5-8-35-58(41)67(62(46)50)64(48)52/h3-36H,1-2H3. The first-order valence-electron chi connectivity index (χ1n) is 23.6. The zero-order valence-corrected chi connectivity index (χ0v) is 37.0. The largest absolute Gasteiger partial charge is 0.307 e. The zero-order valence-electron chi connectivity index (χ0n) is 37.0. The second-order valence-electron chi connectivity index (χ2n) is 19.5. The summed E-state index contributed by atoms with van der Waals surface area (Å²) in [5, 5.41) is 15.4. The second kappa shape index (κ2) is 12.5. The lowest BCUT2D eigenvalue weighted by Gasteiger charge is -2.26. The average molecular weight is 849 g/mol. The van der Waals surface area contributed by atoms with Gasteiger partial charge in [-0.25, -0.2) is 0 Å². The van der Waals surface area contributed by atoms with E-state index < -0.39 is 0 Å². The summed E-state index contributed by atoms with van der Waals surface area (Å²) in [7, 11) is 0. The first-order valence-corrected chi connectivity index (χ1v) is 23.6. The molecular weight excluding hydrogens is 809 g/mol. The molecule has 2 heteroatoms. The molecular formula is C65H40N2. The molecule has 310 valence electrons. The van der Waals surface area contributed by atoms with Crippen LogP contribution in [-0.2, 0) is 5.41 Å². The number of aromatic nitrogens is 2. The number of hydrogen-bond acceptors (Lipinski definition) is 0. The lowest BCUT2D eigenvalue weighted by Crippen LogP contribution is -2.16. The number of para-hydroxylation sites is 6. The summed E-state index contributed by atoms with van der Waals surface area (Å²) in [6, 6.07) is 78.1. The monoisotopic (exact) mass is 848 g/mol. The van der Waals surface area contributed by atoms with E-state index in [0.29, 0.717) is 0 Å². The summed E-state index contributed by atoms with van der Waals surface area (Å²) in [5.41, 5.74) is 20.4. The molecule has 0 spiro atoms. The predicted octanol–water partition coefficient (Wildman–Crippen LogP) is 17.6. The van der Waals surface area contributed by atoms with Gasteiger partial charge in [0.25, 0.3) is 0 Å². The Hall–Kier alpha value is -8.46. The fourth-order valence-electron chi connectivity index (χ4n) is 13.4. The Bertz CT molecular complexity index is 4410. The maximum Gasteiger partial charge on any atom is 0.0620 e. The van der Waals surface area contributed by atoms with E-state index in [2.05, 4.69) is 229 Å². The highest BCUT2D eigenvalue weighted by atomic mass is 14.9. The summed E-state index contributed by atoms with van der Waals surface area (Å²) in [5.74, 6) is 0. The number of benzene rings is 11. The summed E-state index contributed by atoms with van der Waals surface area (Å²) in [6.45, 7) is 4.84. The van der Waals surface area contributed by atoms with Crippen molar-refractivity contribution in [2.45, 2.75) is 19.3 Å². The number of nitrogens with zero attached hydrogens (tertiary/aromatic N) is 2. The van der Waals surface area contributed by atoms with Crippen molar-refractivity contribution < 1.29 is 0 Å². The Morgan fingerprint density at radius 1 is 0.269 bits per heavy atom. The molecule has 0 amide bonds. The SMILES string of the molecule is CC1(C)c2ccccc2-c2cccc(-c3c4cccc(-c5cccc6c7cccc8c9ccccc9n(c56)c87)c4cc4c(-c5cccc6c7cccc8c9ccccc9n(c56)c87)cccc34)c21. The van der Waals surface area contributed by atoms with Crippen LogP contribution in [0.1, 0.15) is 25.0 Å². The zero-order chi connectivity index (χ0) is 43.9. The normalized spacial score (nSPS) is 13.6. The predicted molar refractivity (Wildman–Crippen MR) is 285 cm³/mol. The third-order valence-corrected chi connectivity index (χ3v) is 16.0. The summed E-state index contributed by atoms with van der Waals surface area (Å²) >= 11 is 0. The Morgan fingerprint density at radius 2 is 0.627 bits per heavy atom. The molecule has 67 heavy (non-hydrogen) atoms. The Morgan fingerprint density at radius 3 is 1.18 bits per heavy atom. The van der Waals surface area contributed by atoms with Crippen LogP contribution in [0.3, 0.4) is 0 Å². The summed E-state index contributed by atoms with van der Waals surface area (Å²) in [6.07, 6.45) is 0. The van der Waals surface area contributed by atoms with Gasteiger partial charge in [0.2, 0.25) is 0 Å². The first kappa shape index (κ1) is 35.8. The van der Waals surface area contributed by atoms with Crippen molar-refractivity contribution in [3.8, 4) is 44.5 Å². The van der Waals surface area contributed by atoms with Gasteiger partial charge >= 0.3 is 0 Å².